The second kappa shape index (κ2) is 11.7. The van der Waals surface area contributed by atoms with Crippen LogP contribution in [0.3, 0.4) is 0 Å². The fourth-order valence-electron chi connectivity index (χ4n) is 3.67. The molecule has 6 nitrogen and oxygen atoms in total. The minimum Gasteiger partial charge on any atom is -0.494 e. The molecule has 0 unspecified atom stereocenters. The van der Waals surface area contributed by atoms with Crippen LogP contribution in [0.1, 0.15) is 35.3 Å². The van der Waals surface area contributed by atoms with Crippen LogP contribution in [0.25, 0.3) is 10.8 Å². The molecule has 0 aliphatic heterocycles. The summed E-state index contributed by atoms with van der Waals surface area (Å²) < 4.78 is 17.3. The molecular weight excluding hydrogens is 440 g/mol. The van der Waals surface area contributed by atoms with Crippen LogP contribution in [0, 0.1) is 0 Å². The SMILES string of the molecule is CCOc1ccc(C(=O)N/N=C\c2ccc(OCc3cccc4ccccc34)c(OCC)c2)cc1. The summed E-state index contributed by atoms with van der Waals surface area (Å²) in [4.78, 5) is 12.3. The lowest BCUT2D eigenvalue weighted by atomic mass is 10.1. The van der Waals surface area contributed by atoms with Crippen molar-refractivity contribution in [1.29, 1.82) is 0 Å². The maximum atomic E-state index is 12.3. The molecule has 178 valence electrons. The summed E-state index contributed by atoms with van der Waals surface area (Å²) in [5.74, 6) is 1.69. The van der Waals surface area contributed by atoms with Gasteiger partial charge in [-0.1, -0.05) is 42.5 Å². The van der Waals surface area contributed by atoms with Gasteiger partial charge in [-0.25, -0.2) is 5.43 Å². The average molecular weight is 469 g/mol. The summed E-state index contributed by atoms with van der Waals surface area (Å²) in [6, 6.07) is 26.9. The molecule has 4 aromatic rings. The Morgan fingerprint density at radius 2 is 1.60 bits per heavy atom. The molecule has 0 heterocycles. The lowest BCUT2D eigenvalue weighted by molar-refractivity contribution is 0.0955. The van der Waals surface area contributed by atoms with Gasteiger partial charge in [0.15, 0.2) is 11.5 Å². The summed E-state index contributed by atoms with van der Waals surface area (Å²) in [5, 5.41) is 6.43. The van der Waals surface area contributed by atoms with Crippen molar-refractivity contribution in [2.24, 2.45) is 5.10 Å². The van der Waals surface area contributed by atoms with Gasteiger partial charge in [-0.2, -0.15) is 5.10 Å². The zero-order chi connectivity index (χ0) is 24.5. The van der Waals surface area contributed by atoms with Gasteiger partial charge in [0, 0.05) is 5.56 Å². The third kappa shape index (κ3) is 6.18. The van der Waals surface area contributed by atoms with Crippen LogP contribution < -0.4 is 19.6 Å². The molecule has 0 saturated carbocycles. The molecule has 0 spiro atoms. The minimum atomic E-state index is -0.302. The van der Waals surface area contributed by atoms with Crippen LogP contribution in [0.4, 0.5) is 0 Å². The van der Waals surface area contributed by atoms with Crippen molar-refractivity contribution in [3.05, 3.63) is 102 Å². The fourth-order valence-corrected chi connectivity index (χ4v) is 3.67. The number of ether oxygens (including phenoxy) is 3. The fraction of sp³-hybridized carbons (Fsp3) is 0.172. The highest BCUT2D eigenvalue weighted by Crippen LogP contribution is 2.30. The van der Waals surface area contributed by atoms with Crippen molar-refractivity contribution >= 4 is 22.9 Å². The predicted octanol–water partition coefficient (Wildman–Crippen LogP) is 5.98. The minimum absolute atomic E-state index is 0.302. The number of hydrazone groups is 1. The Kier molecular flexibility index (Phi) is 7.96. The molecule has 1 N–H and O–H groups in total. The van der Waals surface area contributed by atoms with E-state index in [4.69, 9.17) is 14.2 Å². The van der Waals surface area contributed by atoms with Crippen molar-refractivity contribution in [3.63, 3.8) is 0 Å². The van der Waals surface area contributed by atoms with E-state index < -0.39 is 0 Å². The van der Waals surface area contributed by atoms with Crippen LogP contribution in [-0.4, -0.2) is 25.3 Å². The van der Waals surface area contributed by atoms with E-state index in [0.717, 1.165) is 16.9 Å². The van der Waals surface area contributed by atoms with Gasteiger partial charge < -0.3 is 14.2 Å². The lowest BCUT2D eigenvalue weighted by Gasteiger charge is -2.13. The van der Waals surface area contributed by atoms with E-state index in [9.17, 15) is 4.79 Å². The van der Waals surface area contributed by atoms with Crippen LogP contribution in [-0.2, 0) is 6.61 Å². The first kappa shape index (κ1) is 23.8. The van der Waals surface area contributed by atoms with Gasteiger partial charge in [0.2, 0.25) is 0 Å². The maximum Gasteiger partial charge on any atom is 0.271 e. The molecule has 0 aliphatic rings. The number of nitrogens with one attached hydrogen (secondary N) is 1. The first-order chi connectivity index (χ1) is 17.2. The van der Waals surface area contributed by atoms with Gasteiger partial charge in [0.05, 0.1) is 19.4 Å². The molecule has 0 fully saturated rings. The van der Waals surface area contributed by atoms with E-state index in [1.54, 1.807) is 30.5 Å². The van der Waals surface area contributed by atoms with E-state index in [0.29, 0.717) is 36.9 Å². The maximum absolute atomic E-state index is 12.3. The summed E-state index contributed by atoms with van der Waals surface area (Å²) in [5.41, 5.74) is 4.92. The Balaban J connectivity index is 1.42. The average Bonchev–Trinajstić information content (AvgIpc) is 2.89. The molecular formula is C29H28N2O4. The highest BCUT2D eigenvalue weighted by atomic mass is 16.5. The van der Waals surface area contributed by atoms with E-state index >= 15 is 0 Å². The third-order valence-corrected chi connectivity index (χ3v) is 5.34. The molecule has 6 heteroatoms. The molecule has 0 aromatic heterocycles. The van der Waals surface area contributed by atoms with E-state index in [1.165, 1.54) is 10.8 Å². The number of fused-ring (bicyclic) bond motifs is 1. The normalized spacial score (nSPS) is 10.9. The number of amides is 1. The molecule has 0 bridgehead atoms. The first-order valence-corrected chi connectivity index (χ1v) is 11.6. The monoisotopic (exact) mass is 468 g/mol. The van der Waals surface area contributed by atoms with Crippen molar-refractivity contribution in [2.75, 3.05) is 13.2 Å². The quantitative estimate of drug-likeness (QED) is 0.230. The van der Waals surface area contributed by atoms with Gasteiger partial charge >= 0.3 is 0 Å². The second-order valence-electron chi connectivity index (χ2n) is 7.72. The molecule has 0 saturated heterocycles. The molecule has 0 aliphatic carbocycles. The Morgan fingerprint density at radius 1 is 0.829 bits per heavy atom. The number of benzene rings is 4. The van der Waals surface area contributed by atoms with Crippen LogP contribution >= 0.6 is 0 Å². The molecule has 35 heavy (non-hydrogen) atoms. The van der Waals surface area contributed by atoms with Gasteiger partial charge in [-0.15, -0.1) is 0 Å². The van der Waals surface area contributed by atoms with Crippen LogP contribution in [0.2, 0.25) is 0 Å². The van der Waals surface area contributed by atoms with Crippen molar-refractivity contribution in [1.82, 2.24) is 5.43 Å². The van der Waals surface area contributed by atoms with Crippen molar-refractivity contribution < 1.29 is 19.0 Å². The second-order valence-corrected chi connectivity index (χ2v) is 7.72. The molecule has 0 atom stereocenters. The van der Waals surface area contributed by atoms with Gasteiger partial charge in [-0.05, 0) is 78.2 Å². The van der Waals surface area contributed by atoms with Crippen molar-refractivity contribution in [3.8, 4) is 17.2 Å². The number of hydrogen-bond acceptors (Lipinski definition) is 5. The van der Waals surface area contributed by atoms with E-state index in [-0.39, 0.29) is 5.91 Å². The zero-order valence-corrected chi connectivity index (χ0v) is 19.9. The third-order valence-electron chi connectivity index (χ3n) is 5.34. The zero-order valence-electron chi connectivity index (χ0n) is 19.9. The van der Waals surface area contributed by atoms with Crippen LogP contribution in [0.15, 0.2) is 90.0 Å². The molecule has 4 rings (SSSR count). The largest absolute Gasteiger partial charge is 0.494 e. The molecule has 4 aromatic carbocycles. The van der Waals surface area contributed by atoms with Gasteiger partial charge in [-0.3, -0.25) is 4.79 Å². The predicted molar refractivity (Wildman–Crippen MR) is 139 cm³/mol. The van der Waals surface area contributed by atoms with E-state index in [2.05, 4.69) is 34.8 Å². The molecule has 0 radical (unpaired) electrons. The number of rotatable bonds is 10. The molecule has 1 amide bonds. The summed E-state index contributed by atoms with van der Waals surface area (Å²) in [6.07, 6.45) is 1.57. The highest BCUT2D eigenvalue weighted by molar-refractivity contribution is 5.95. The van der Waals surface area contributed by atoms with Gasteiger partial charge in [0.1, 0.15) is 12.4 Å². The smallest absolute Gasteiger partial charge is 0.271 e. The van der Waals surface area contributed by atoms with E-state index in [1.807, 2.05) is 50.2 Å². The number of carbonyl (C=O) groups excluding carboxylic acids is 1. The number of hydrogen-bond donors (Lipinski definition) is 1. The first-order valence-electron chi connectivity index (χ1n) is 11.6. The topological polar surface area (TPSA) is 69.2 Å². The summed E-state index contributed by atoms with van der Waals surface area (Å²) in [7, 11) is 0. The van der Waals surface area contributed by atoms with Crippen molar-refractivity contribution in [2.45, 2.75) is 20.5 Å². The Morgan fingerprint density at radius 3 is 2.40 bits per heavy atom. The summed E-state index contributed by atoms with van der Waals surface area (Å²) in [6.45, 7) is 5.33. The summed E-state index contributed by atoms with van der Waals surface area (Å²) >= 11 is 0. The lowest BCUT2D eigenvalue weighted by Crippen LogP contribution is -2.17. The standard InChI is InChI=1S/C29H28N2O4/c1-3-33-25-15-13-23(14-16-25)29(32)31-30-19-21-12-17-27(28(18-21)34-4-2)35-20-24-10-7-9-22-8-5-6-11-26(22)24/h5-19H,3-4,20H2,1-2H3,(H,31,32)/b30-19-. The number of carbonyl (C=O) groups is 1. The Bertz CT molecular complexity index is 1310. The Hall–Kier alpha value is -4.32. The highest BCUT2D eigenvalue weighted by Gasteiger charge is 2.09. The van der Waals surface area contributed by atoms with Gasteiger partial charge in [0.25, 0.3) is 5.91 Å². The number of nitrogens with zero attached hydrogens (tertiary/aromatic N) is 1. The Labute approximate surface area is 205 Å². The van der Waals surface area contributed by atoms with Crippen LogP contribution in [0.5, 0.6) is 17.2 Å².